The summed E-state index contributed by atoms with van der Waals surface area (Å²) in [5, 5.41) is 1.55. The van der Waals surface area contributed by atoms with E-state index in [9.17, 15) is 21.6 Å². The minimum atomic E-state index is -4.53. The Labute approximate surface area is 176 Å². The Balaban J connectivity index is 1.66. The zero-order chi connectivity index (χ0) is 21.2. The second kappa shape index (κ2) is 8.51. The molecule has 5 nitrogen and oxygen atoms in total. The highest BCUT2D eigenvalue weighted by atomic mass is 35.5. The van der Waals surface area contributed by atoms with E-state index in [2.05, 4.69) is 4.98 Å². The van der Waals surface area contributed by atoms with E-state index in [-0.39, 0.29) is 37.0 Å². The highest BCUT2D eigenvalue weighted by molar-refractivity contribution is 7.92. The van der Waals surface area contributed by atoms with Gasteiger partial charge >= 0.3 is 6.18 Å². The topological polar surface area (TPSA) is 53.5 Å². The summed E-state index contributed by atoms with van der Waals surface area (Å²) in [7, 11) is -3.64. The molecule has 156 valence electrons. The maximum Gasteiger partial charge on any atom is 0.417 e. The van der Waals surface area contributed by atoms with Gasteiger partial charge in [0.1, 0.15) is 5.82 Å². The standard InChI is InChI=1S/C18H16Cl2F3N3O2S/c19-15-3-1-13(2-4-15)5-10-29(27,28)26-8-6-25(7-9-26)17-16(20)11-14(12-24-17)18(21,22)23/h1-5,10-12H,6-9H2/b10-5+. The molecule has 2 heterocycles. The molecule has 1 saturated heterocycles. The first-order chi connectivity index (χ1) is 13.6. The number of sulfonamides is 1. The van der Waals surface area contributed by atoms with Crippen LogP contribution in [0.2, 0.25) is 10.0 Å². The molecule has 1 fully saturated rings. The van der Waals surface area contributed by atoms with Gasteiger partial charge in [-0.05, 0) is 29.8 Å². The van der Waals surface area contributed by atoms with Gasteiger partial charge in [-0.3, -0.25) is 0 Å². The fourth-order valence-electron chi connectivity index (χ4n) is 2.80. The van der Waals surface area contributed by atoms with E-state index in [0.717, 1.165) is 17.7 Å². The molecule has 0 spiro atoms. The van der Waals surface area contributed by atoms with Crippen LogP contribution in [0.3, 0.4) is 0 Å². The van der Waals surface area contributed by atoms with E-state index in [1.165, 1.54) is 10.4 Å². The van der Waals surface area contributed by atoms with Crippen molar-refractivity contribution in [2.24, 2.45) is 0 Å². The number of pyridine rings is 1. The predicted octanol–water partition coefficient (Wildman–Crippen LogP) is 4.53. The molecule has 0 unspecified atom stereocenters. The third-order valence-corrected chi connectivity index (χ3v) is 6.44. The van der Waals surface area contributed by atoms with Crippen LogP contribution >= 0.6 is 23.2 Å². The number of hydrogen-bond acceptors (Lipinski definition) is 4. The van der Waals surface area contributed by atoms with Gasteiger partial charge in [-0.15, -0.1) is 0 Å². The molecule has 1 aliphatic heterocycles. The van der Waals surface area contributed by atoms with E-state index < -0.39 is 21.8 Å². The molecule has 1 aliphatic rings. The molecule has 3 rings (SSSR count). The third kappa shape index (κ3) is 5.42. The van der Waals surface area contributed by atoms with Gasteiger partial charge in [0.15, 0.2) is 0 Å². The first kappa shape index (κ1) is 21.9. The quantitative estimate of drug-likeness (QED) is 0.665. The Morgan fingerprint density at radius 1 is 1.03 bits per heavy atom. The summed E-state index contributed by atoms with van der Waals surface area (Å²) < 4.78 is 64.6. The van der Waals surface area contributed by atoms with Gasteiger partial charge in [-0.2, -0.15) is 17.5 Å². The minimum absolute atomic E-state index is 0.126. The van der Waals surface area contributed by atoms with Crippen LogP contribution in [0, 0.1) is 0 Å². The van der Waals surface area contributed by atoms with Gasteiger partial charge in [0.25, 0.3) is 0 Å². The summed E-state index contributed by atoms with van der Waals surface area (Å²) in [5.74, 6) is 0.202. The second-order valence-electron chi connectivity index (χ2n) is 6.31. The van der Waals surface area contributed by atoms with Crippen molar-refractivity contribution < 1.29 is 21.6 Å². The van der Waals surface area contributed by atoms with Gasteiger partial charge < -0.3 is 4.90 Å². The lowest BCUT2D eigenvalue weighted by atomic mass is 10.2. The van der Waals surface area contributed by atoms with Crippen LogP contribution in [-0.4, -0.2) is 43.9 Å². The molecular formula is C18H16Cl2F3N3O2S. The fourth-order valence-corrected chi connectivity index (χ4v) is 4.38. The van der Waals surface area contributed by atoms with Crippen LogP contribution < -0.4 is 4.90 Å². The van der Waals surface area contributed by atoms with Crippen molar-refractivity contribution in [1.82, 2.24) is 9.29 Å². The summed E-state index contributed by atoms with van der Waals surface area (Å²) in [4.78, 5) is 5.48. The van der Waals surface area contributed by atoms with Crippen molar-refractivity contribution in [2.45, 2.75) is 6.18 Å². The number of aromatic nitrogens is 1. The fraction of sp³-hybridized carbons (Fsp3) is 0.278. The number of hydrogen-bond donors (Lipinski definition) is 0. The van der Waals surface area contributed by atoms with E-state index >= 15 is 0 Å². The van der Waals surface area contributed by atoms with Crippen molar-refractivity contribution in [1.29, 1.82) is 0 Å². The van der Waals surface area contributed by atoms with E-state index in [4.69, 9.17) is 23.2 Å². The smallest absolute Gasteiger partial charge is 0.353 e. The lowest BCUT2D eigenvalue weighted by molar-refractivity contribution is -0.137. The van der Waals surface area contributed by atoms with Crippen molar-refractivity contribution in [3.05, 3.63) is 63.1 Å². The molecule has 11 heteroatoms. The number of anilines is 1. The molecule has 0 bridgehead atoms. The molecule has 0 amide bonds. The molecular weight excluding hydrogens is 450 g/mol. The van der Waals surface area contributed by atoms with Crippen LogP contribution in [-0.2, 0) is 16.2 Å². The number of halogens is 5. The lowest BCUT2D eigenvalue weighted by Gasteiger charge is -2.34. The lowest BCUT2D eigenvalue weighted by Crippen LogP contribution is -2.48. The number of alkyl halides is 3. The van der Waals surface area contributed by atoms with E-state index in [0.29, 0.717) is 10.6 Å². The first-order valence-corrected chi connectivity index (χ1v) is 10.7. The maximum atomic E-state index is 12.7. The summed E-state index contributed by atoms with van der Waals surface area (Å²) in [5.41, 5.74) is -0.239. The summed E-state index contributed by atoms with van der Waals surface area (Å²) >= 11 is 11.8. The predicted molar refractivity (Wildman–Crippen MR) is 107 cm³/mol. The molecule has 1 aromatic carbocycles. The molecule has 0 atom stereocenters. The Hall–Kier alpha value is -1.81. The molecule has 0 N–H and O–H groups in total. The summed E-state index contributed by atoms with van der Waals surface area (Å²) in [6, 6.07) is 7.54. The zero-order valence-electron chi connectivity index (χ0n) is 14.9. The van der Waals surface area contributed by atoms with Gasteiger partial charge in [-0.1, -0.05) is 35.3 Å². The van der Waals surface area contributed by atoms with Crippen molar-refractivity contribution >= 4 is 45.1 Å². The van der Waals surface area contributed by atoms with Crippen LogP contribution in [0.1, 0.15) is 11.1 Å². The van der Waals surface area contributed by atoms with Crippen LogP contribution in [0.4, 0.5) is 19.0 Å². The Kier molecular flexibility index (Phi) is 6.42. The molecule has 1 aromatic heterocycles. The van der Waals surface area contributed by atoms with Gasteiger partial charge in [0.2, 0.25) is 10.0 Å². The van der Waals surface area contributed by atoms with Crippen LogP contribution in [0.15, 0.2) is 41.9 Å². The Morgan fingerprint density at radius 2 is 1.66 bits per heavy atom. The monoisotopic (exact) mass is 465 g/mol. The Morgan fingerprint density at radius 3 is 2.21 bits per heavy atom. The number of rotatable bonds is 4. The van der Waals surface area contributed by atoms with Gasteiger partial charge in [-0.25, -0.2) is 13.4 Å². The summed E-state index contributed by atoms with van der Waals surface area (Å²) in [6.45, 7) is 0.830. The van der Waals surface area contributed by atoms with Crippen molar-refractivity contribution in [3.63, 3.8) is 0 Å². The van der Waals surface area contributed by atoms with Crippen LogP contribution in [0.25, 0.3) is 6.08 Å². The normalized spacial score (nSPS) is 16.5. The number of piperazine rings is 1. The molecule has 29 heavy (non-hydrogen) atoms. The highest BCUT2D eigenvalue weighted by Gasteiger charge is 2.33. The minimum Gasteiger partial charge on any atom is -0.353 e. The Bertz CT molecular complexity index is 1000. The number of nitrogens with zero attached hydrogens (tertiary/aromatic N) is 3. The van der Waals surface area contributed by atoms with E-state index in [1.54, 1.807) is 29.2 Å². The SMILES string of the molecule is O=S(=O)(/C=C/c1ccc(Cl)cc1)N1CCN(c2ncc(C(F)(F)F)cc2Cl)CC1. The highest BCUT2D eigenvalue weighted by Crippen LogP contribution is 2.33. The van der Waals surface area contributed by atoms with Crippen molar-refractivity contribution in [3.8, 4) is 0 Å². The maximum absolute atomic E-state index is 12.7. The second-order valence-corrected chi connectivity index (χ2v) is 8.97. The first-order valence-electron chi connectivity index (χ1n) is 8.48. The molecule has 0 radical (unpaired) electrons. The zero-order valence-corrected chi connectivity index (χ0v) is 17.2. The number of benzene rings is 1. The molecule has 2 aromatic rings. The average molecular weight is 466 g/mol. The third-order valence-electron chi connectivity index (χ3n) is 4.35. The largest absolute Gasteiger partial charge is 0.417 e. The van der Waals surface area contributed by atoms with Gasteiger partial charge in [0.05, 0.1) is 10.6 Å². The van der Waals surface area contributed by atoms with Crippen LogP contribution in [0.5, 0.6) is 0 Å². The van der Waals surface area contributed by atoms with Crippen molar-refractivity contribution in [2.75, 3.05) is 31.1 Å². The molecule has 0 aliphatic carbocycles. The summed E-state index contributed by atoms with van der Waals surface area (Å²) in [6.07, 6.45) is -2.33. The average Bonchev–Trinajstić information content (AvgIpc) is 2.67. The van der Waals surface area contributed by atoms with E-state index in [1.807, 2.05) is 0 Å². The van der Waals surface area contributed by atoms with Gasteiger partial charge in [0, 0.05) is 42.8 Å². The molecule has 0 saturated carbocycles.